The fraction of sp³-hybridized carbons (Fsp3) is 0.0588. The maximum absolute atomic E-state index is 9.03. The summed E-state index contributed by atoms with van der Waals surface area (Å²) in [6.45, 7) is 0.0545. The van der Waals surface area contributed by atoms with Gasteiger partial charge in [0.2, 0.25) is 0 Å². The van der Waals surface area contributed by atoms with Gasteiger partial charge >= 0.3 is 0 Å². The van der Waals surface area contributed by atoms with E-state index in [2.05, 4.69) is 10.2 Å². The molecule has 1 aromatic heterocycles. The highest BCUT2D eigenvalue weighted by molar-refractivity contribution is 5.63. The molecule has 2 aromatic carbocycles. The van der Waals surface area contributed by atoms with Crippen molar-refractivity contribution in [3.05, 3.63) is 72.3 Å². The molecular formula is C17H14N2O. The SMILES string of the molecule is OCc1ccc(-c2ccc(-c3ccccc3)nn2)cc1. The summed E-state index contributed by atoms with van der Waals surface area (Å²) in [5.74, 6) is 0. The van der Waals surface area contributed by atoms with Crippen LogP contribution in [0.5, 0.6) is 0 Å². The van der Waals surface area contributed by atoms with E-state index in [1.54, 1.807) is 0 Å². The lowest BCUT2D eigenvalue weighted by atomic mass is 10.1. The maximum Gasteiger partial charge on any atom is 0.0930 e. The van der Waals surface area contributed by atoms with Crippen LogP contribution in [0.4, 0.5) is 0 Å². The van der Waals surface area contributed by atoms with Gasteiger partial charge in [-0.25, -0.2) is 0 Å². The number of rotatable bonds is 3. The second kappa shape index (κ2) is 5.63. The molecule has 3 nitrogen and oxygen atoms in total. The molecule has 20 heavy (non-hydrogen) atoms. The van der Waals surface area contributed by atoms with E-state index < -0.39 is 0 Å². The topological polar surface area (TPSA) is 46.0 Å². The molecule has 0 bridgehead atoms. The summed E-state index contributed by atoms with van der Waals surface area (Å²) in [5.41, 5.74) is 4.63. The van der Waals surface area contributed by atoms with Gasteiger partial charge in [0.25, 0.3) is 0 Å². The summed E-state index contributed by atoms with van der Waals surface area (Å²) in [7, 11) is 0. The monoisotopic (exact) mass is 262 g/mol. The highest BCUT2D eigenvalue weighted by Gasteiger charge is 2.03. The Labute approximate surface area is 117 Å². The lowest BCUT2D eigenvalue weighted by Crippen LogP contribution is -1.91. The molecule has 0 unspecified atom stereocenters. The second-order valence-electron chi connectivity index (χ2n) is 4.52. The van der Waals surface area contributed by atoms with E-state index in [0.29, 0.717) is 0 Å². The molecule has 3 heteroatoms. The van der Waals surface area contributed by atoms with E-state index in [0.717, 1.165) is 28.1 Å². The number of nitrogens with zero attached hydrogens (tertiary/aromatic N) is 2. The Morgan fingerprint density at radius 3 is 1.70 bits per heavy atom. The van der Waals surface area contributed by atoms with E-state index in [-0.39, 0.29) is 6.61 Å². The van der Waals surface area contributed by atoms with Crippen LogP contribution in [0, 0.1) is 0 Å². The summed E-state index contributed by atoms with van der Waals surface area (Å²) >= 11 is 0. The second-order valence-corrected chi connectivity index (χ2v) is 4.52. The summed E-state index contributed by atoms with van der Waals surface area (Å²) in [4.78, 5) is 0. The first kappa shape index (κ1) is 12.5. The van der Waals surface area contributed by atoms with Crippen LogP contribution < -0.4 is 0 Å². The summed E-state index contributed by atoms with van der Waals surface area (Å²) < 4.78 is 0. The molecular weight excluding hydrogens is 248 g/mol. The van der Waals surface area contributed by atoms with Gasteiger partial charge in [0.05, 0.1) is 18.0 Å². The lowest BCUT2D eigenvalue weighted by Gasteiger charge is -2.03. The number of aliphatic hydroxyl groups excluding tert-OH is 1. The number of hydrogen-bond donors (Lipinski definition) is 1. The summed E-state index contributed by atoms with van der Waals surface area (Å²) in [5, 5.41) is 17.6. The van der Waals surface area contributed by atoms with Gasteiger partial charge in [0.15, 0.2) is 0 Å². The van der Waals surface area contributed by atoms with Crippen molar-refractivity contribution in [3.63, 3.8) is 0 Å². The van der Waals surface area contributed by atoms with Crippen molar-refractivity contribution >= 4 is 0 Å². The molecule has 0 atom stereocenters. The van der Waals surface area contributed by atoms with Crippen LogP contribution in [0.15, 0.2) is 66.7 Å². The molecule has 0 aliphatic rings. The van der Waals surface area contributed by atoms with E-state index >= 15 is 0 Å². The van der Waals surface area contributed by atoms with Gasteiger partial charge in [-0.1, -0.05) is 54.6 Å². The van der Waals surface area contributed by atoms with Crippen molar-refractivity contribution < 1.29 is 5.11 Å². The number of hydrogen-bond acceptors (Lipinski definition) is 3. The highest BCUT2D eigenvalue weighted by atomic mass is 16.3. The minimum Gasteiger partial charge on any atom is -0.392 e. The van der Waals surface area contributed by atoms with Crippen molar-refractivity contribution in [2.45, 2.75) is 6.61 Å². The van der Waals surface area contributed by atoms with Crippen molar-refractivity contribution in [3.8, 4) is 22.5 Å². The molecule has 0 aliphatic carbocycles. The first-order valence-electron chi connectivity index (χ1n) is 6.46. The first-order chi connectivity index (χ1) is 9.86. The Kier molecular flexibility index (Phi) is 3.52. The van der Waals surface area contributed by atoms with Crippen LogP contribution in [0.25, 0.3) is 22.5 Å². The molecule has 3 rings (SSSR count). The van der Waals surface area contributed by atoms with Crippen LogP contribution in [-0.4, -0.2) is 15.3 Å². The number of benzene rings is 2. The largest absolute Gasteiger partial charge is 0.392 e. The number of aliphatic hydroxyl groups is 1. The van der Waals surface area contributed by atoms with Crippen molar-refractivity contribution in [2.24, 2.45) is 0 Å². The molecule has 3 aromatic rings. The van der Waals surface area contributed by atoms with Crippen LogP contribution in [0.3, 0.4) is 0 Å². The Morgan fingerprint density at radius 1 is 0.650 bits per heavy atom. The van der Waals surface area contributed by atoms with Crippen LogP contribution in [-0.2, 0) is 6.61 Å². The lowest BCUT2D eigenvalue weighted by molar-refractivity contribution is 0.282. The average Bonchev–Trinajstić information content (AvgIpc) is 2.56. The Hall–Kier alpha value is -2.52. The molecule has 1 N–H and O–H groups in total. The molecule has 0 saturated carbocycles. The minimum absolute atomic E-state index is 0.0545. The third-order valence-electron chi connectivity index (χ3n) is 3.17. The van der Waals surface area contributed by atoms with Crippen LogP contribution >= 0.6 is 0 Å². The predicted octanol–water partition coefficient (Wildman–Crippen LogP) is 3.30. The average molecular weight is 262 g/mol. The fourth-order valence-electron chi connectivity index (χ4n) is 2.03. The quantitative estimate of drug-likeness (QED) is 0.787. The van der Waals surface area contributed by atoms with Gasteiger partial charge < -0.3 is 5.11 Å². The summed E-state index contributed by atoms with van der Waals surface area (Å²) in [6.07, 6.45) is 0. The molecule has 0 fully saturated rings. The van der Waals surface area contributed by atoms with Gasteiger partial charge in [-0.2, -0.15) is 0 Å². The highest BCUT2D eigenvalue weighted by Crippen LogP contribution is 2.20. The van der Waals surface area contributed by atoms with Crippen LogP contribution in [0.1, 0.15) is 5.56 Å². The third-order valence-corrected chi connectivity index (χ3v) is 3.17. The molecule has 0 saturated heterocycles. The predicted molar refractivity (Wildman–Crippen MR) is 78.8 cm³/mol. The first-order valence-corrected chi connectivity index (χ1v) is 6.46. The normalized spacial score (nSPS) is 10.4. The van der Waals surface area contributed by atoms with Crippen molar-refractivity contribution in [1.29, 1.82) is 0 Å². The van der Waals surface area contributed by atoms with Crippen molar-refractivity contribution in [1.82, 2.24) is 10.2 Å². The molecule has 1 heterocycles. The standard InChI is InChI=1S/C17H14N2O/c20-12-13-6-8-15(9-7-13)17-11-10-16(18-19-17)14-4-2-1-3-5-14/h1-11,20H,12H2. The summed E-state index contributed by atoms with van der Waals surface area (Å²) in [6, 6.07) is 21.6. The fourth-order valence-corrected chi connectivity index (χ4v) is 2.03. The smallest absolute Gasteiger partial charge is 0.0930 e. The maximum atomic E-state index is 9.03. The zero-order valence-electron chi connectivity index (χ0n) is 10.9. The molecule has 98 valence electrons. The van der Waals surface area contributed by atoms with Gasteiger partial charge in [0, 0.05) is 11.1 Å². The van der Waals surface area contributed by atoms with Gasteiger partial charge in [-0.15, -0.1) is 10.2 Å². The zero-order chi connectivity index (χ0) is 13.8. The van der Waals surface area contributed by atoms with Crippen LogP contribution in [0.2, 0.25) is 0 Å². The van der Waals surface area contributed by atoms with E-state index in [1.807, 2.05) is 66.7 Å². The zero-order valence-corrected chi connectivity index (χ0v) is 10.9. The molecule has 0 amide bonds. The van der Waals surface area contributed by atoms with Gasteiger partial charge in [-0.3, -0.25) is 0 Å². The Morgan fingerprint density at radius 2 is 1.20 bits per heavy atom. The van der Waals surface area contributed by atoms with Gasteiger partial charge in [-0.05, 0) is 17.7 Å². The molecule has 0 radical (unpaired) electrons. The van der Waals surface area contributed by atoms with E-state index in [1.165, 1.54) is 0 Å². The van der Waals surface area contributed by atoms with E-state index in [4.69, 9.17) is 5.11 Å². The van der Waals surface area contributed by atoms with Crippen molar-refractivity contribution in [2.75, 3.05) is 0 Å². The molecule has 0 spiro atoms. The number of aromatic nitrogens is 2. The van der Waals surface area contributed by atoms with Gasteiger partial charge in [0.1, 0.15) is 0 Å². The van der Waals surface area contributed by atoms with E-state index in [9.17, 15) is 0 Å². The minimum atomic E-state index is 0.0545. The molecule has 0 aliphatic heterocycles. The Bertz CT molecular complexity index is 676. The third kappa shape index (κ3) is 2.58. The Balaban J connectivity index is 1.89.